The summed E-state index contributed by atoms with van der Waals surface area (Å²) in [6.07, 6.45) is -0.606. The van der Waals surface area contributed by atoms with Crippen LogP contribution < -0.4 is 5.32 Å². The SMILES string of the molecule is CC(Nc1nc2cc(C(F)(F)F)ccc2s1)C1CCC1. The van der Waals surface area contributed by atoms with Crippen molar-refractivity contribution in [2.45, 2.75) is 38.4 Å². The summed E-state index contributed by atoms with van der Waals surface area (Å²) in [5, 5.41) is 4.02. The highest BCUT2D eigenvalue weighted by Crippen LogP contribution is 2.35. The standard InChI is InChI=1S/C14H15F3N2S/c1-8(9-3-2-4-9)18-13-19-11-7-10(14(15,16)17)5-6-12(11)20-13/h5-9H,2-4H2,1H3,(H,18,19). The summed E-state index contributed by atoms with van der Waals surface area (Å²) < 4.78 is 38.7. The number of aromatic nitrogens is 1. The average molecular weight is 300 g/mol. The van der Waals surface area contributed by atoms with E-state index < -0.39 is 11.7 Å². The highest BCUT2D eigenvalue weighted by molar-refractivity contribution is 7.22. The molecule has 1 aromatic carbocycles. The van der Waals surface area contributed by atoms with E-state index in [1.807, 2.05) is 0 Å². The van der Waals surface area contributed by atoms with Crippen LogP contribution in [0, 0.1) is 5.92 Å². The number of rotatable bonds is 3. The summed E-state index contributed by atoms with van der Waals surface area (Å²) in [7, 11) is 0. The second kappa shape index (κ2) is 4.91. The molecule has 1 saturated carbocycles. The molecule has 2 aromatic rings. The maximum Gasteiger partial charge on any atom is 0.416 e. The van der Waals surface area contributed by atoms with Crippen LogP contribution in [0.3, 0.4) is 0 Å². The molecule has 0 radical (unpaired) electrons. The number of nitrogens with zero attached hydrogens (tertiary/aromatic N) is 1. The second-order valence-corrected chi connectivity index (χ2v) is 6.35. The minimum absolute atomic E-state index is 0.325. The molecule has 1 aliphatic rings. The summed E-state index contributed by atoms with van der Waals surface area (Å²) in [5.74, 6) is 0.660. The molecule has 0 amide bonds. The molecular formula is C14H15F3N2S. The molecule has 0 saturated heterocycles. The fourth-order valence-electron chi connectivity index (χ4n) is 2.42. The van der Waals surface area contributed by atoms with Gasteiger partial charge < -0.3 is 5.32 Å². The summed E-state index contributed by atoms with van der Waals surface area (Å²) in [6, 6.07) is 4.05. The fourth-order valence-corrected chi connectivity index (χ4v) is 3.36. The number of benzene rings is 1. The number of halogens is 3. The molecule has 1 atom stereocenters. The molecule has 108 valence electrons. The number of fused-ring (bicyclic) bond motifs is 1. The highest BCUT2D eigenvalue weighted by atomic mass is 32.1. The van der Waals surface area contributed by atoms with Crippen LogP contribution in [0.4, 0.5) is 18.3 Å². The lowest BCUT2D eigenvalue weighted by atomic mass is 9.80. The van der Waals surface area contributed by atoms with E-state index in [0.29, 0.717) is 22.6 Å². The first-order valence-corrected chi connectivity index (χ1v) is 7.49. The van der Waals surface area contributed by atoms with Crippen molar-refractivity contribution in [1.29, 1.82) is 0 Å². The Kier molecular flexibility index (Phi) is 3.36. The number of hydrogen-bond donors (Lipinski definition) is 1. The third-order valence-electron chi connectivity index (χ3n) is 3.92. The molecule has 3 rings (SSSR count). The lowest BCUT2D eigenvalue weighted by molar-refractivity contribution is -0.137. The zero-order valence-electron chi connectivity index (χ0n) is 11.0. The van der Waals surface area contributed by atoms with Crippen molar-refractivity contribution in [2.24, 2.45) is 5.92 Å². The van der Waals surface area contributed by atoms with Crippen LogP contribution in [0.1, 0.15) is 31.7 Å². The minimum Gasteiger partial charge on any atom is -0.359 e. The summed E-state index contributed by atoms with van der Waals surface area (Å²) >= 11 is 1.41. The maximum atomic E-state index is 12.7. The normalized spacial score (nSPS) is 18.0. The van der Waals surface area contributed by atoms with Crippen LogP contribution >= 0.6 is 11.3 Å². The van der Waals surface area contributed by atoms with Gasteiger partial charge in [0, 0.05) is 6.04 Å². The van der Waals surface area contributed by atoms with Gasteiger partial charge in [-0.25, -0.2) is 4.98 Å². The van der Waals surface area contributed by atoms with Crippen LogP contribution in [-0.2, 0) is 6.18 Å². The maximum absolute atomic E-state index is 12.7. The van der Waals surface area contributed by atoms with Gasteiger partial charge in [-0.3, -0.25) is 0 Å². The third-order valence-corrected chi connectivity index (χ3v) is 4.89. The zero-order chi connectivity index (χ0) is 14.3. The predicted molar refractivity (Wildman–Crippen MR) is 75.0 cm³/mol. The average Bonchev–Trinajstić information content (AvgIpc) is 2.65. The molecule has 20 heavy (non-hydrogen) atoms. The number of hydrogen-bond acceptors (Lipinski definition) is 3. The van der Waals surface area contributed by atoms with Gasteiger partial charge in [-0.15, -0.1) is 0 Å². The molecule has 1 aromatic heterocycles. The lowest BCUT2D eigenvalue weighted by Crippen LogP contribution is -2.30. The van der Waals surface area contributed by atoms with Gasteiger partial charge in [0.1, 0.15) is 0 Å². The molecule has 6 heteroatoms. The molecule has 1 fully saturated rings. The zero-order valence-corrected chi connectivity index (χ0v) is 11.8. The Bertz CT molecular complexity index is 616. The Hall–Kier alpha value is -1.30. The highest BCUT2D eigenvalue weighted by Gasteiger charge is 2.31. The van der Waals surface area contributed by atoms with Gasteiger partial charge in [-0.05, 0) is 43.9 Å². The monoisotopic (exact) mass is 300 g/mol. The fraction of sp³-hybridized carbons (Fsp3) is 0.500. The van der Waals surface area contributed by atoms with Crippen LogP contribution in [0.25, 0.3) is 10.2 Å². The Balaban J connectivity index is 1.83. The number of thiazole rings is 1. The summed E-state index contributed by atoms with van der Waals surface area (Å²) in [6.45, 7) is 2.11. The summed E-state index contributed by atoms with van der Waals surface area (Å²) in [4.78, 5) is 4.28. The Morgan fingerprint density at radius 1 is 1.35 bits per heavy atom. The topological polar surface area (TPSA) is 24.9 Å². The van der Waals surface area contributed by atoms with Crippen molar-refractivity contribution in [3.05, 3.63) is 23.8 Å². The first-order valence-electron chi connectivity index (χ1n) is 6.68. The minimum atomic E-state index is -4.31. The smallest absolute Gasteiger partial charge is 0.359 e. The molecule has 1 N–H and O–H groups in total. The first-order chi connectivity index (χ1) is 9.43. The predicted octanol–water partition coefficient (Wildman–Crippen LogP) is 4.92. The second-order valence-electron chi connectivity index (χ2n) is 5.32. The van der Waals surface area contributed by atoms with Gasteiger partial charge >= 0.3 is 6.18 Å². The van der Waals surface area contributed by atoms with Gasteiger partial charge in [-0.2, -0.15) is 13.2 Å². The van der Waals surface area contributed by atoms with Gasteiger partial charge in [0.25, 0.3) is 0 Å². The third kappa shape index (κ3) is 2.61. The van der Waals surface area contributed by atoms with Crippen molar-refractivity contribution in [2.75, 3.05) is 5.32 Å². The van der Waals surface area contributed by atoms with Crippen LogP contribution in [-0.4, -0.2) is 11.0 Å². The Morgan fingerprint density at radius 3 is 2.70 bits per heavy atom. The van der Waals surface area contributed by atoms with E-state index in [2.05, 4.69) is 17.2 Å². The molecular weight excluding hydrogens is 285 g/mol. The lowest BCUT2D eigenvalue weighted by Gasteiger charge is -2.31. The van der Waals surface area contributed by atoms with Gasteiger partial charge in [0.05, 0.1) is 15.8 Å². The van der Waals surface area contributed by atoms with Gasteiger partial charge in [0.2, 0.25) is 0 Å². The summed E-state index contributed by atoms with van der Waals surface area (Å²) in [5.41, 5.74) is -0.234. The number of alkyl halides is 3. The van der Waals surface area contributed by atoms with E-state index in [9.17, 15) is 13.2 Å². The van der Waals surface area contributed by atoms with Crippen molar-refractivity contribution in [1.82, 2.24) is 4.98 Å². The molecule has 0 bridgehead atoms. The molecule has 1 unspecified atom stereocenters. The van der Waals surface area contributed by atoms with Crippen LogP contribution in [0.15, 0.2) is 18.2 Å². The Morgan fingerprint density at radius 2 is 2.10 bits per heavy atom. The van der Waals surface area contributed by atoms with E-state index in [0.717, 1.165) is 16.8 Å². The van der Waals surface area contributed by atoms with Crippen LogP contribution in [0.2, 0.25) is 0 Å². The van der Waals surface area contributed by atoms with Gasteiger partial charge in [-0.1, -0.05) is 17.8 Å². The quantitative estimate of drug-likeness (QED) is 0.870. The van der Waals surface area contributed by atoms with E-state index in [4.69, 9.17) is 0 Å². The molecule has 0 spiro atoms. The van der Waals surface area contributed by atoms with E-state index in [-0.39, 0.29) is 0 Å². The number of nitrogens with one attached hydrogen (secondary N) is 1. The van der Waals surface area contributed by atoms with Crippen molar-refractivity contribution < 1.29 is 13.2 Å². The first kappa shape index (κ1) is 13.7. The van der Waals surface area contributed by atoms with E-state index in [1.54, 1.807) is 0 Å². The van der Waals surface area contributed by atoms with E-state index in [1.165, 1.54) is 36.7 Å². The van der Waals surface area contributed by atoms with Crippen LogP contribution in [0.5, 0.6) is 0 Å². The molecule has 1 heterocycles. The molecule has 2 nitrogen and oxygen atoms in total. The number of anilines is 1. The molecule has 1 aliphatic carbocycles. The van der Waals surface area contributed by atoms with Gasteiger partial charge in [0.15, 0.2) is 5.13 Å². The Labute approximate surface area is 119 Å². The van der Waals surface area contributed by atoms with Crippen molar-refractivity contribution >= 4 is 26.7 Å². The molecule has 0 aliphatic heterocycles. The largest absolute Gasteiger partial charge is 0.416 e. The van der Waals surface area contributed by atoms with Crippen molar-refractivity contribution in [3.63, 3.8) is 0 Å². The van der Waals surface area contributed by atoms with Crippen molar-refractivity contribution in [3.8, 4) is 0 Å². The van der Waals surface area contributed by atoms with E-state index >= 15 is 0 Å².